The van der Waals surface area contributed by atoms with Crippen molar-refractivity contribution in [3.05, 3.63) is 68.2 Å². The Bertz CT molecular complexity index is 987. The number of rotatable bonds is 4. The maximum absolute atomic E-state index is 12.7. The third kappa shape index (κ3) is 3.68. The van der Waals surface area contributed by atoms with E-state index in [1.54, 1.807) is 49.3 Å². The maximum Gasteiger partial charge on any atom is 0.282 e. The van der Waals surface area contributed by atoms with Gasteiger partial charge in [-0.2, -0.15) is 0 Å². The van der Waals surface area contributed by atoms with Gasteiger partial charge < -0.3 is 4.90 Å². The van der Waals surface area contributed by atoms with Gasteiger partial charge in [0.1, 0.15) is 5.57 Å². The van der Waals surface area contributed by atoms with Gasteiger partial charge in [0, 0.05) is 42.0 Å². The van der Waals surface area contributed by atoms with E-state index in [2.05, 4.69) is 21.4 Å². The van der Waals surface area contributed by atoms with Crippen molar-refractivity contribution in [2.75, 3.05) is 24.0 Å². The van der Waals surface area contributed by atoms with Crippen molar-refractivity contribution >= 4 is 50.9 Å². The van der Waals surface area contributed by atoms with Gasteiger partial charge in [-0.3, -0.25) is 25.1 Å². The molecule has 138 valence electrons. The number of amides is 2. The summed E-state index contributed by atoms with van der Waals surface area (Å²) in [4.78, 5) is 37.4. The lowest BCUT2D eigenvalue weighted by atomic mass is 10.1. The number of hydrogen-bond donors (Lipinski definition) is 1. The van der Waals surface area contributed by atoms with Crippen molar-refractivity contribution in [3.8, 4) is 0 Å². The molecule has 2 aromatic rings. The highest BCUT2D eigenvalue weighted by molar-refractivity contribution is 9.10. The number of halogens is 1. The highest BCUT2D eigenvalue weighted by atomic mass is 79.9. The lowest BCUT2D eigenvalue weighted by Crippen LogP contribution is -2.35. The zero-order valence-corrected chi connectivity index (χ0v) is 16.1. The van der Waals surface area contributed by atoms with Crippen LogP contribution in [0.4, 0.5) is 17.1 Å². The summed E-state index contributed by atoms with van der Waals surface area (Å²) in [7, 11) is 3.54. The molecule has 0 radical (unpaired) electrons. The summed E-state index contributed by atoms with van der Waals surface area (Å²) in [5.41, 5.74) is 3.84. The molecule has 1 aliphatic rings. The van der Waals surface area contributed by atoms with Crippen LogP contribution in [0.5, 0.6) is 0 Å². The van der Waals surface area contributed by atoms with Crippen molar-refractivity contribution in [2.45, 2.75) is 0 Å². The Labute approximate surface area is 163 Å². The summed E-state index contributed by atoms with van der Waals surface area (Å²) in [5, 5.41) is 12.2. The second-order valence-corrected chi connectivity index (χ2v) is 6.93. The molecular weight excluding hydrogens is 416 g/mol. The molecule has 3 rings (SSSR count). The minimum Gasteiger partial charge on any atom is -0.377 e. The van der Waals surface area contributed by atoms with Crippen LogP contribution in [-0.4, -0.2) is 30.8 Å². The topological polar surface area (TPSA) is 95.8 Å². The van der Waals surface area contributed by atoms with Crippen LogP contribution in [0.1, 0.15) is 5.56 Å². The van der Waals surface area contributed by atoms with Gasteiger partial charge in [0.2, 0.25) is 0 Å². The number of benzene rings is 2. The third-order valence-corrected chi connectivity index (χ3v) is 4.45. The molecular formula is C18H15BrN4O4. The number of hydrogen-bond acceptors (Lipinski definition) is 5. The van der Waals surface area contributed by atoms with Gasteiger partial charge in [-0.1, -0.05) is 22.0 Å². The van der Waals surface area contributed by atoms with E-state index in [9.17, 15) is 19.7 Å². The molecule has 1 heterocycles. The molecule has 0 saturated carbocycles. The number of nitrogens with zero attached hydrogens (tertiary/aromatic N) is 3. The van der Waals surface area contributed by atoms with Gasteiger partial charge in [0.05, 0.1) is 10.6 Å². The summed E-state index contributed by atoms with van der Waals surface area (Å²) in [6, 6.07) is 11.2. The number of nitro groups is 1. The van der Waals surface area contributed by atoms with E-state index in [0.29, 0.717) is 16.9 Å². The van der Waals surface area contributed by atoms with Crippen LogP contribution in [0.15, 0.2) is 52.5 Å². The SMILES string of the molecule is CN(C)c1ccc([N+](=O)[O-])cc1/C=C1/C(=O)NN(c2cccc(Br)c2)C1=O. The second kappa shape index (κ2) is 7.20. The van der Waals surface area contributed by atoms with Crippen LogP contribution in [0.2, 0.25) is 0 Å². The molecule has 1 aliphatic heterocycles. The first-order valence-electron chi connectivity index (χ1n) is 7.86. The number of anilines is 2. The van der Waals surface area contributed by atoms with Gasteiger partial charge in [-0.15, -0.1) is 0 Å². The van der Waals surface area contributed by atoms with Gasteiger partial charge in [0.15, 0.2) is 0 Å². The second-order valence-electron chi connectivity index (χ2n) is 6.01. The van der Waals surface area contributed by atoms with Gasteiger partial charge in [-0.05, 0) is 30.3 Å². The number of non-ortho nitro benzene ring substituents is 1. The number of nitrogens with one attached hydrogen (secondary N) is 1. The monoisotopic (exact) mass is 430 g/mol. The van der Waals surface area contributed by atoms with E-state index >= 15 is 0 Å². The van der Waals surface area contributed by atoms with E-state index in [4.69, 9.17) is 0 Å². The van der Waals surface area contributed by atoms with Crippen molar-refractivity contribution in [1.29, 1.82) is 0 Å². The Morgan fingerprint density at radius 3 is 2.56 bits per heavy atom. The van der Waals surface area contributed by atoms with Crippen LogP contribution in [0.3, 0.4) is 0 Å². The van der Waals surface area contributed by atoms with Crippen molar-refractivity contribution in [2.24, 2.45) is 0 Å². The van der Waals surface area contributed by atoms with Crippen LogP contribution >= 0.6 is 15.9 Å². The normalized spacial score (nSPS) is 15.2. The largest absolute Gasteiger partial charge is 0.377 e. The van der Waals surface area contributed by atoms with E-state index in [1.807, 2.05) is 0 Å². The number of carbonyl (C=O) groups excluding carboxylic acids is 2. The number of carbonyl (C=O) groups is 2. The molecule has 0 aromatic heterocycles. The van der Waals surface area contributed by atoms with Crippen molar-refractivity contribution in [1.82, 2.24) is 5.43 Å². The molecule has 0 atom stereocenters. The highest BCUT2D eigenvalue weighted by Crippen LogP contribution is 2.29. The molecule has 0 bridgehead atoms. The number of nitro benzene ring substituents is 1. The predicted molar refractivity (Wildman–Crippen MR) is 105 cm³/mol. The Morgan fingerprint density at radius 1 is 1.19 bits per heavy atom. The van der Waals surface area contributed by atoms with E-state index in [-0.39, 0.29) is 11.3 Å². The fourth-order valence-corrected chi connectivity index (χ4v) is 3.08. The summed E-state index contributed by atoms with van der Waals surface area (Å²) in [6.45, 7) is 0. The lowest BCUT2D eigenvalue weighted by Gasteiger charge is -2.16. The summed E-state index contributed by atoms with van der Waals surface area (Å²) >= 11 is 3.33. The highest BCUT2D eigenvalue weighted by Gasteiger charge is 2.34. The predicted octanol–water partition coefficient (Wildman–Crippen LogP) is 2.88. The third-order valence-electron chi connectivity index (χ3n) is 3.96. The van der Waals surface area contributed by atoms with Gasteiger partial charge in [0.25, 0.3) is 17.5 Å². The average Bonchev–Trinajstić information content (AvgIpc) is 2.89. The minimum atomic E-state index is -0.573. The summed E-state index contributed by atoms with van der Waals surface area (Å²) < 4.78 is 0.757. The van der Waals surface area contributed by atoms with Crippen LogP contribution in [0.25, 0.3) is 6.08 Å². The molecule has 0 unspecified atom stereocenters. The Kier molecular flexibility index (Phi) is 4.95. The Morgan fingerprint density at radius 2 is 1.93 bits per heavy atom. The van der Waals surface area contributed by atoms with E-state index in [0.717, 1.165) is 9.48 Å². The molecule has 1 fully saturated rings. The maximum atomic E-state index is 12.7. The smallest absolute Gasteiger partial charge is 0.282 e. The molecule has 0 spiro atoms. The molecule has 2 amide bonds. The van der Waals surface area contributed by atoms with Crippen molar-refractivity contribution in [3.63, 3.8) is 0 Å². The standard InChI is InChI=1S/C18H15BrN4O4/c1-21(2)16-7-6-14(23(26)27)8-11(16)9-15-17(24)20-22(18(15)25)13-5-3-4-12(19)10-13/h3-10H,1-2H3,(H,20,24)/b15-9-. The summed E-state index contributed by atoms with van der Waals surface area (Å²) in [5.74, 6) is -1.11. The zero-order valence-electron chi connectivity index (χ0n) is 14.5. The van der Waals surface area contributed by atoms with Gasteiger partial charge >= 0.3 is 0 Å². The lowest BCUT2D eigenvalue weighted by molar-refractivity contribution is -0.384. The Hall–Kier alpha value is -3.20. The van der Waals surface area contributed by atoms with E-state index < -0.39 is 16.7 Å². The zero-order chi connectivity index (χ0) is 19.7. The molecule has 8 nitrogen and oxygen atoms in total. The van der Waals surface area contributed by atoms with Crippen molar-refractivity contribution < 1.29 is 14.5 Å². The van der Waals surface area contributed by atoms with Crippen LogP contribution in [0, 0.1) is 10.1 Å². The van der Waals surface area contributed by atoms with Gasteiger partial charge in [-0.25, -0.2) is 5.01 Å². The molecule has 2 aromatic carbocycles. The average molecular weight is 431 g/mol. The number of hydrazine groups is 1. The van der Waals surface area contributed by atoms with Crippen LogP contribution in [-0.2, 0) is 9.59 Å². The molecule has 1 saturated heterocycles. The Balaban J connectivity index is 2.04. The molecule has 0 aliphatic carbocycles. The fourth-order valence-electron chi connectivity index (χ4n) is 2.69. The minimum absolute atomic E-state index is 0.0985. The molecule has 1 N–H and O–H groups in total. The van der Waals surface area contributed by atoms with E-state index in [1.165, 1.54) is 18.2 Å². The first-order chi connectivity index (χ1) is 12.8. The quantitative estimate of drug-likeness (QED) is 0.348. The first-order valence-corrected chi connectivity index (χ1v) is 8.65. The van der Waals surface area contributed by atoms with Crippen LogP contribution < -0.4 is 15.3 Å². The summed E-state index contributed by atoms with van der Waals surface area (Å²) in [6.07, 6.45) is 1.37. The molecule has 9 heteroatoms. The first kappa shape index (κ1) is 18.6. The molecule has 27 heavy (non-hydrogen) atoms. The fraction of sp³-hybridized carbons (Fsp3) is 0.111.